The Morgan fingerprint density at radius 3 is 2.50 bits per heavy atom. The van der Waals surface area contributed by atoms with Gasteiger partial charge in [-0.05, 0) is 57.0 Å². The SMILES string of the molecule is CCC(C)NC(=O)C1CCN(Cc2ccc(OC)cc2)CC1. The van der Waals surface area contributed by atoms with Gasteiger partial charge in [-0.2, -0.15) is 0 Å². The molecule has 0 aliphatic carbocycles. The Balaban J connectivity index is 1.77. The number of piperidine rings is 1. The molecule has 22 heavy (non-hydrogen) atoms. The average molecular weight is 304 g/mol. The molecule has 2 rings (SSSR count). The van der Waals surface area contributed by atoms with Crippen molar-refractivity contribution in [2.45, 2.75) is 45.7 Å². The Kier molecular flexibility index (Phi) is 6.25. The van der Waals surface area contributed by atoms with Crippen molar-refractivity contribution in [2.24, 2.45) is 5.92 Å². The molecule has 1 heterocycles. The quantitative estimate of drug-likeness (QED) is 0.878. The van der Waals surface area contributed by atoms with E-state index in [0.29, 0.717) is 0 Å². The first kappa shape index (κ1) is 16.8. The van der Waals surface area contributed by atoms with Crippen molar-refractivity contribution in [3.05, 3.63) is 29.8 Å². The molecule has 1 amide bonds. The van der Waals surface area contributed by atoms with Crippen LogP contribution in [0.2, 0.25) is 0 Å². The van der Waals surface area contributed by atoms with Gasteiger partial charge >= 0.3 is 0 Å². The summed E-state index contributed by atoms with van der Waals surface area (Å²) in [6, 6.07) is 8.51. The molecule has 0 spiro atoms. The normalized spacial score (nSPS) is 18.0. The first-order valence-electron chi connectivity index (χ1n) is 8.28. The number of nitrogens with zero attached hydrogens (tertiary/aromatic N) is 1. The van der Waals surface area contributed by atoms with Gasteiger partial charge in [-0.25, -0.2) is 0 Å². The van der Waals surface area contributed by atoms with Crippen LogP contribution in [0.4, 0.5) is 0 Å². The predicted molar refractivity (Wildman–Crippen MR) is 88.9 cm³/mol. The third kappa shape index (κ3) is 4.73. The molecule has 4 nitrogen and oxygen atoms in total. The fraction of sp³-hybridized carbons (Fsp3) is 0.611. The smallest absolute Gasteiger partial charge is 0.223 e. The summed E-state index contributed by atoms with van der Waals surface area (Å²) < 4.78 is 5.18. The third-order valence-corrected chi connectivity index (χ3v) is 4.52. The number of carbonyl (C=O) groups is 1. The van der Waals surface area contributed by atoms with E-state index in [1.54, 1.807) is 7.11 Å². The lowest BCUT2D eigenvalue weighted by Gasteiger charge is -2.31. The van der Waals surface area contributed by atoms with Crippen molar-refractivity contribution in [1.82, 2.24) is 10.2 Å². The molecular formula is C18H28N2O2. The summed E-state index contributed by atoms with van der Waals surface area (Å²) in [6.45, 7) is 7.10. The summed E-state index contributed by atoms with van der Waals surface area (Å²) in [6.07, 6.45) is 2.90. The number of methoxy groups -OCH3 is 1. The number of hydrogen-bond donors (Lipinski definition) is 1. The minimum Gasteiger partial charge on any atom is -0.497 e. The average Bonchev–Trinajstić information content (AvgIpc) is 2.56. The number of hydrogen-bond acceptors (Lipinski definition) is 3. The number of benzene rings is 1. The summed E-state index contributed by atoms with van der Waals surface area (Å²) in [5.74, 6) is 1.31. The molecule has 1 aromatic rings. The maximum atomic E-state index is 12.2. The van der Waals surface area contributed by atoms with Crippen LogP contribution >= 0.6 is 0 Å². The second kappa shape index (κ2) is 8.18. The summed E-state index contributed by atoms with van der Waals surface area (Å²) in [7, 11) is 1.68. The number of amides is 1. The number of nitrogens with one attached hydrogen (secondary N) is 1. The van der Waals surface area contributed by atoms with E-state index in [4.69, 9.17) is 4.74 Å². The van der Waals surface area contributed by atoms with Gasteiger partial charge in [0.05, 0.1) is 7.11 Å². The topological polar surface area (TPSA) is 41.6 Å². The van der Waals surface area contributed by atoms with Gasteiger partial charge in [0.1, 0.15) is 5.75 Å². The van der Waals surface area contributed by atoms with Crippen LogP contribution in [0.25, 0.3) is 0 Å². The Hall–Kier alpha value is -1.55. The van der Waals surface area contributed by atoms with Crippen LogP contribution in [0.1, 0.15) is 38.7 Å². The molecule has 1 unspecified atom stereocenters. The van der Waals surface area contributed by atoms with E-state index in [9.17, 15) is 4.79 Å². The fourth-order valence-electron chi connectivity index (χ4n) is 2.81. The molecule has 0 saturated carbocycles. The zero-order valence-corrected chi connectivity index (χ0v) is 14.0. The molecular weight excluding hydrogens is 276 g/mol. The Morgan fingerprint density at radius 2 is 1.95 bits per heavy atom. The molecule has 1 aliphatic rings. The zero-order valence-electron chi connectivity index (χ0n) is 14.0. The highest BCUT2D eigenvalue weighted by atomic mass is 16.5. The van der Waals surface area contributed by atoms with Gasteiger partial charge in [-0.3, -0.25) is 9.69 Å². The molecule has 122 valence electrons. The van der Waals surface area contributed by atoms with E-state index in [0.717, 1.165) is 44.6 Å². The van der Waals surface area contributed by atoms with Gasteiger partial charge in [0.25, 0.3) is 0 Å². The summed E-state index contributed by atoms with van der Waals surface area (Å²) >= 11 is 0. The monoisotopic (exact) mass is 304 g/mol. The number of rotatable bonds is 6. The van der Waals surface area contributed by atoms with Gasteiger partial charge < -0.3 is 10.1 Å². The van der Waals surface area contributed by atoms with Crippen LogP contribution in [0.5, 0.6) is 5.75 Å². The van der Waals surface area contributed by atoms with Gasteiger partial charge in [-0.1, -0.05) is 19.1 Å². The summed E-state index contributed by atoms with van der Waals surface area (Å²) in [5.41, 5.74) is 1.29. The first-order chi connectivity index (χ1) is 10.6. The minimum atomic E-state index is 0.182. The molecule has 1 N–H and O–H groups in total. The van der Waals surface area contributed by atoms with Gasteiger partial charge in [0.15, 0.2) is 0 Å². The molecule has 1 fully saturated rings. The number of ether oxygens (including phenoxy) is 1. The fourth-order valence-corrected chi connectivity index (χ4v) is 2.81. The summed E-state index contributed by atoms with van der Waals surface area (Å²) in [5, 5.41) is 3.11. The molecule has 0 aromatic heterocycles. The van der Waals surface area contributed by atoms with Crippen molar-refractivity contribution in [3.63, 3.8) is 0 Å². The van der Waals surface area contributed by atoms with Crippen molar-refractivity contribution in [3.8, 4) is 5.75 Å². The van der Waals surface area contributed by atoms with Crippen LogP contribution in [0, 0.1) is 5.92 Å². The Morgan fingerprint density at radius 1 is 1.32 bits per heavy atom. The van der Waals surface area contributed by atoms with Crippen LogP contribution in [0.3, 0.4) is 0 Å². The molecule has 1 saturated heterocycles. The van der Waals surface area contributed by atoms with E-state index in [-0.39, 0.29) is 17.9 Å². The van der Waals surface area contributed by atoms with Crippen molar-refractivity contribution in [2.75, 3.05) is 20.2 Å². The highest BCUT2D eigenvalue weighted by Gasteiger charge is 2.25. The van der Waals surface area contributed by atoms with Gasteiger partial charge in [0.2, 0.25) is 5.91 Å². The molecule has 0 bridgehead atoms. The van der Waals surface area contributed by atoms with Crippen molar-refractivity contribution >= 4 is 5.91 Å². The molecule has 0 radical (unpaired) electrons. The second-order valence-electron chi connectivity index (χ2n) is 6.22. The maximum absolute atomic E-state index is 12.2. The standard InChI is InChI=1S/C18H28N2O2/c1-4-14(2)19-18(21)16-9-11-20(12-10-16)13-15-5-7-17(22-3)8-6-15/h5-8,14,16H,4,9-13H2,1-3H3,(H,19,21). The molecule has 1 aromatic carbocycles. The Labute approximate surface area is 133 Å². The van der Waals surface area contributed by atoms with Crippen LogP contribution in [0.15, 0.2) is 24.3 Å². The molecule has 1 aliphatic heterocycles. The van der Waals surface area contributed by atoms with Gasteiger partial charge in [-0.15, -0.1) is 0 Å². The van der Waals surface area contributed by atoms with E-state index in [1.165, 1.54) is 5.56 Å². The molecule has 1 atom stereocenters. The second-order valence-corrected chi connectivity index (χ2v) is 6.22. The van der Waals surface area contributed by atoms with Crippen LogP contribution in [-0.4, -0.2) is 37.0 Å². The lowest BCUT2D eigenvalue weighted by molar-refractivity contribution is -0.127. The highest BCUT2D eigenvalue weighted by molar-refractivity contribution is 5.79. The lowest BCUT2D eigenvalue weighted by atomic mass is 9.95. The first-order valence-corrected chi connectivity index (χ1v) is 8.28. The third-order valence-electron chi connectivity index (χ3n) is 4.52. The summed E-state index contributed by atoms with van der Waals surface area (Å²) in [4.78, 5) is 14.6. The van der Waals surface area contributed by atoms with Crippen molar-refractivity contribution < 1.29 is 9.53 Å². The molecule has 4 heteroatoms. The highest BCUT2D eigenvalue weighted by Crippen LogP contribution is 2.20. The van der Waals surface area contributed by atoms with E-state index in [2.05, 4.69) is 36.2 Å². The van der Waals surface area contributed by atoms with Crippen molar-refractivity contribution in [1.29, 1.82) is 0 Å². The number of carbonyl (C=O) groups excluding carboxylic acids is 1. The van der Waals surface area contributed by atoms with Crippen LogP contribution < -0.4 is 10.1 Å². The minimum absolute atomic E-state index is 0.182. The Bertz CT molecular complexity index is 464. The van der Waals surface area contributed by atoms with Crippen LogP contribution in [-0.2, 0) is 11.3 Å². The van der Waals surface area contributed by atoms with E-state index < -0.39 is 0 Å². The predicted octanol–water partition coefficient (Wildman–Crippen LogP) is 2.82. The lowest BCUT2D eigenvalue weighted by Crippen LogP contribution is -2.42. The van der Waals surface area contributed by atoms with E-state index in [1.807, 2.05) is 12.1 Å². The number of likely N-dealkylation sites (tertiary alicyclic amines) is 1. The van der Waals surface area contributed by atoms with E-state index >= 15 is 0 Å². The maximum Gasteiger partial charge on any atom is 0.223 e. The zero-order chi connectivity index (χ0) is 15.9. The van der Waals surface area contributed by atoms with Gasteiger partial charge in [0, 0.05) is 18.5 Å². The largest absolute Gasteiger partial charge is 0.497 e.